The molecule has 4 radical (unpaired) electrons. The Balaban J connectivity index is 2.22. The fraction of sp³-hybridized carbons (Fsp3) is 0.500. The van der Waals surface area contributed by atoms with Crippen LogP contribution >= 0.6 is 0 Å². The molecule has 0 N–H and O–H groups in total. The summed E-state index contributed by atoms with van der Waals surface area (Å²) in [7, 11) is 8.87. The third-order valence-electron chi connectivity index (χ3n) is 2.04. The lowest BCUT2D eigenvalue weighted by molar-refractivity contribution is 1.03. The van der Waals surface area contributed by atoms with E-state index in [0.717, 1.165) is 19.2 Å². The van der Waals surface area contributed by atoms with Crippen LogP contribution in [-0.4, -0.2) is 22.0 Å². The molecular weight excluding hydrogens is 129 g/mol. The van der Waals surface area contributed by atoms with Gasteiger partial charge in [-0.05, 0) is 19.8 Å². The van der Waals surface area contributed by atoms with Gasteiger partial charge in [-0.3, -0.25) is 0 Å². The van der Waals surface area contributed by atoms with Gasteiger partial charge in [-0.1, -0.05) is 29.6 Å². The van der Waals surface area contributed by atoms with E-state index in [-0.39, 0.29) is 0 Å². The molecule has 1 aliphatic rings. The Bertz CT molecular complexity index is 182. The first-order chi connectivity index (χ1) is 5.34. The Morgan fingerprint density at radius 3 is 3.00 bits per heavy atom. The molecule has 0 atom stereocenters. The van der Waals surface area contributed by atoms with Crippen molar-refractivity contribution in [2.45, 2.75) is 26.1 Å². The molecule has 0 heterocycles. The molecule has 1 rings (SSSR count). The molecule has 0 spiro atoms. The first kappa shape index (κ1) is 8.77. The van der Waals surface area contributed by atoms with Gasteiger partial charge < -0.3 is 0 Å². The smallest absolute Gasteiger partial charge is 0.0548 e. The molecule has 0 saturated carbocycles. The maximum atomic E-state index is 5.24. The lowest BCUT2D eigenvalue weighted by Gasteiger charge is -2.01. The Hall–Kier alpha value is -0.325. The average molecular weight is 140 g/mol. The fourth-order valence-corrected chi connectivity index (χ4v) is 1.31. The summed E-state index contributed by atoms with van der Waals surface area (Å²) in [5, 5.41) is 0. The summed E-state index contributed by atoms with van der Waals surface area (Å²) in [5.41, 5.74) is 3.00. The van der Waals surface area contributed by atoms with E-state index in [4.69, 9.17) is 7.74 Å². The van der Waals surface area contributed by atoms with Crippen LogP contribution in [-0.2, 0) is 0 Å². The average Bonchev–Trinajstić information content (AvgIpc) is 2.37. The minimum Gasteiger partial charge on any atom is -0.0858 e. The first-order valence-electron chi connectivity index (χ1n) is 4.06. The van der Waals surface area contributed by atoms with E-state index in [2.05, 4.69) is 19.1 Å². The molecule has 52 valence electrons. The Kier molecular flexibility index (Phi) is 3.61. The molecule has 11 heavy (non-hydrogen) atoms. The summed E-state index contributed by atoms with van der Waals surface area (Å²) in [6.45, 7) is 2.17. The van der Waals surface area contributed by atoms with Crippen LogP contribution in [0.25, 0.3) is 0 Å². The third kappa shape index (κ3) is 2.65. The van der Waals surface area contributed by atoms with Crippen molar-refractivity contribution in [1.82, 2.24) is 0 Å². The minimum absolute atomic E-state index is 1.07. The quantitative estimate of drug-likeness (QED) is 0.409. The van der Waals surface area contributed by atoms with Crippen LogP contribution in [0.4, 0.5) is 0 Å². The summed E-state index contributed by atoms with van der Waals surface area (Å²) in [6, 6.07) is 0. The Labute approximate surface area is 72.0 Å². The van der Waals surface area contributed by atoms with Crippen molar-refractivity contribution in [2.24, 2.45) is 0 Å². The molecular formula is C8H11B3. The van der Waals surface area contributed by atoms with Crippen molar-refractivity contribution in [2.75, 3.05) is 0 Å². The zero-order chi connectivity index (χ0) is 8.10. The predicted octanol–water partition coefficient (Wildman–Crippen LogP) is 1.48. The summed E-state index contributed by atoms with van der Waals surface area (Å²) >= 11 is 0. The fourth-order valence-electron chi connectivity index (χ4n) is 1.31. The number of allylic oxidation sites excluding steroid dienone is 4. The molecule has 0 nitrogen and oxygen atoms in total. The third-order valence-corrected chi connectivity index (χ3v) is 2.04. The van der Waals surface area contributed by atoms with Crippen LogP contribution in [0.5, 0.6) is 0 Å². The number of hydrogen-bond acceptors (Lipinski definition) is 0. The standard InChI is InChI=1S/C8H11B3/c1-7-3-2-4-8(7)5-6-10-11-9/h2-3H,4-6H2,1H3. The number of hydrogen-bond donors (Lipinski definition) is 0. The molecule has 0 aromatic rings. The summed E-state index contributed by atoms with van der Waals surface area (Å²) in [5.74, 6) is 0. The van der Waals surface area contributed by atoms with Gasteiger partial charge in [-0.2, -0.15) is 0 Å². The topological polar surface area (TPSA) is 0 Å². The van der Waals surface area contributed by atoms with Gasteiger partial charge in [0.2, 0.25) is 0 Å². The van der Waals surface area contributed by atoms with Gasteiger partial charge in [-0.15, -0.1) is 0 Å². The zero-order valence-electron chi connectivity index (χ0n) is 7.01. The van der Waals surface area contributed by atoms with Crippen LogP contribution in [0.2, 0.25) is 6.32 Å². The van der Waals surface area contributed by atoms with Crippen LogP contribution in [0.3, 0.4) is 0 Å². The van der Waals surface area contributed by atoms with Gasteiger partial charge in [0.1, 0.15) is 0 Å². The van der Waals surface area contributed by atoms with Gasteiger partial charge >= 0.3 is 0 Å². The Morgan fingerprint density at radius 1 is 1.64 bits per heavy atom. The van der Waals surface area contributed by atoms with Crippen molar-refractivity contribution < 1.29 is 0 Å². The van der Waals surface area contributed by atoms with Crippen LogP contribution in [0.15, 0.2) is 23.3 Å². The summed E-state index contributed by atoms with van der Waals surface area (Å²) in [4.78, 5) is 0. The predicted molar refractivity (Wildman–Crippen MR) is 53.1 cm³/mol. The molecule has 0 fully saturated rings. The monoisotopic (exact) mass is 140 g/mol. The second-order valence-electron chi connectivity index (χ2n) is 2.86. The van der Waals surface area contributed by atoms with Crippen LogP contribution in [0, 0.1) is 0 Å². The molecule has 0 amide bonds. The molecule has 0 aromatic carbocycles. The van der Waals surface area contributed by atoms with E-state index >= 15 is 0 Å². The normalized spacial score (nSPS) is 15.7. The van der Waals surface area contributed by atoms with Crippen molar-refractivity contribution >= 4 is 22.0 Å². The molecule has 0 aromatic heterocycles. The van der Waals surface area contributed by atoms with Gasteiger partial charge in [0.05, 0.1) is 7.17 Å². The lowest BCUT2D eigenvalue weighted by Crippen LogP contribution is -2.02. The van der Waals surface area contributed by atoms with Crippen LogP contribution in [0.1, 0.15) is 19.8 Å². The minimum atomic E-state index is 1.07. The molecule has 0 aliphatic heterocycles. The van der Waals surface area contributed by atoms with E-state index in [0.29, 0.717) is 0 Å². The van der Waals surface area contributed by atoms with E-state index in [1.165, 1.54) is 5.57 Å². The Morgan fingerprint density at radius 2 is 2.45 bits per heavy atom. The van der Waals surface area contributed by atoms with Gasteiger partial charge in [0.15, 0.2) is 0 Å². The second kappa shape index (κ2) is 4.53. The van der Waals surface area contributed by atoms with Crippen molar-refractivity contribution in [3.05, 3.63) is 23.3 Å². The van der Waals surface area contributed by atoms with E-state index in [1.54, 1.807) is 12.6 Å². The van der Waals surface area contributed by atoms with Crippen molar-refractivity contribution in [3.8, 4) is 0 Å². The maximum absolute atomic E-state index is 5.24. The lowest BCUT2D eigenvalue weighted by atomic mass is 9.27. The molecule has 0 unspecified atom stereocenters. The molecule has 0 bridgehead atoms. The second-order valence-corrected chi connectivity index (χ2v) is 2.86. The highest BCUT2D eigenvalue weighted by Crippen LogP contribution is 2.22. The largest absolute Gasteiger partial charge is 0.0858 e. The number of rotatable bonds is 4. The molecule has 0 saturated heterocycles. The van der Waals surface area contributed by atoms with Crippen molar-refractivity contribution in [3.63, 3.8) is 0 Å². The molecule has 3 heteroatoms. The molecule has 1 aliphatic carbocycles. The van der Waals surface area contributed by atoms with E-state index in [9.17, 15) is 0 Å². The zero-order valence-corrected chi connectivity index (χ0v) is 7.01. The highest BCUT2D eigenvalue weighted by atomic mass is 14.1. The highest BCUT2D eigenvalue weighted by molar-refractivity contribution is 7.23. The van der Waals surface area contributed by atoms with Gasteiger partial charge in [-0.25, -0.2) is 0 Å². The van der Waals surface area contributed by atoms with Crippen LogP contribution < -0.4 is 0 Å². The van der Waals surface area contributed by atoms with E-state index < -0.39 is 0 Å². The van der Waals surface area contributed by atoms with Crippen molar-refractivity contribution in [1.29, 1.82) is 0 Å². The van der Waals surface area contributed by atoms with Gasteiger partial charge in [0.25, 0.3) is 0 Å². The first-order valence-corrected chi connectivity index (χ1v) is 4.06. The summed E-state index contributed by atoms with van der Waals surface area (Å²) in [6.07, 6.45) is 7.79. The van der Waals surface area contributed by atoms with Gasteiger partial charge in [0, 0.05) is 14.8 Å². The SMILES string of the molecule is [B][B][B]CCC1=C(C)C=CC1. The summed E-state index contributed by atoms with van der Waals surface area (Å²) < 4.78 is 0. The highest BCUT2D eigenvalue weighted by Gasteiger charge is 2.03. The van der Waals surface area contributed by atoms with E-state index in [1.807, 2.05) is 7.17 Å². The maximum Gasteiger partial charge on any atom is 0.0548 e.